The number of hydrogen-bond donors (Lipinski definition) is 1. The zero-order valence-corrected chi connectivity index (χ0v) is 7.11. The van der Waals surface area contributed by atoms with Crippen LogP contribution in [-0.2, 0) is 10.2 Å². The van der Waals surface area contributed by atoms with Crippen molar-refractivity contribution >= 4 is 5.91 Å². The minimum absolute atomic E-state index is 0.388. The highest BCUT2D eigenvalue weighted by Crippen LogP contribution is 2.18. The van der Waals surface area contributed by atoms with Crippen LogP contribution in [0.2, 0.25) is 0 Å². The Morgan fingerprint density at radius 3 is 2.67 bits per heavy atom. The molecule has 0 spiro atoms. The molecule has 0 aliphatic heterocycles. The van der Waals surface area contributed by atoms with Gasteiger partial charge in [-0.3, -0.25) is 4.79 Å². The topological polar surface area (TPSA) is 68.9 Å². The normalized spacial score (nSPS) is 11.2. The Morgan fingerprint density at radius 1 is 1.58 bits per heavy atom. The Hall–Kier alpha value is -1.45. The fraction of sp³-hybridized carbons (Fsp3) is 0.375. The summed E-state index contributed by atoms with van der Waals surface area (Å²) in [6.07, 6.45) is 2.99. The summed E-state index contributed by atoms with van der Waals surface area (Å²) in [7, 11) is 0. The second kappa shape index (κ2) is 2.89. The fourth-order valence-electron chi connectivity index (χ4n) is 0.787. The predicted octanol–water partition coefficient (Wildman–Crippen LogP) is 0.240. The number of nitrogens with two attached hydrogens (primary N) is 1. The molecule has 0 aliphatic rings. The van der Waals surface area contributed by atoms with E-state index in [1.54, 1.807) is 26.1 Å². The third kappa shape index (κ3) is 1.42. The van der Waals surface area contributed by atoms with Crippen LogP contribution in [0.1, 0.15) is 19.5 Å². The lowest BCUT2D eigenvalue weighted by molar-refractivity contribution is -0.122. The SMILES string of the molecule is CC(C)(C(N)=O)c1ccncn1. The van der Waals surface area contributed by atoms with Crippen molar-refractivity contribution in [3.8, 4) is 0 Å². The van der Waals surface area contributed by atoms with Gasteiger partial charge in [0.25, 0.3) is 0 Å². The van der Waals surface area contributed by atoms with Crippen molar-refractivity contribution in [3.63, 3.8) is 0 Å². The zero-order chi connectivity index (χ0) is 9.19. The number of amides is 1. The molecule has 1 rings (SSSR count). The highest BCUT2D eigenvalue weighted by molar-refractivity contribution is 5.85. The average molecular weight is 165 g/mol. The van der Waals surface area contributed by atoms with E-state index >= 15 is 0 Å². The molecular formula is C8H11N3O. The van der Waals surface area contributed by atoms with Crippen LogP contribution in [0, 0.1) is 0 Å². The summed E-state index contributed by atoms with van der Waals surface area (Å²) in [4.78, 5) is 18.7. The summed E-state index contributed by atoms with van der Waals surface area (Å²) in [6, 6.07) is 1.69. The first kappa shape index (κ1) is 8.64. The maximum atomic E-state index is 11.0. The molecule has 0 aliphatic carbocycles. The van der Waals surface area contributed by atoms with Gasteiger partial charge in [-0.05, 0) is 19.9 Å². The standard InChI is InChI=1S/C8H11N3O/c1-8(2,7(9)12)6-3-4-10-5-11-6/h3-5H,1-2H3,(H2,9,12). The van der Waals surface area contributed by atoms with E-state index in [2.05, 4.69) is 9.97 Å². The van der Waals surface area contributed by atoms with Crippen molar-refractivity contribution in [1.82, 2.24) is 9.97 Å². The molecule has 0 saturated heterocycles. The van der Waals surface area contributed by atoms with Gasteiger partial charge in [-0.1, -0.05) is 0 Å². The lowest BCUT2D eigenvalue weighted by atomic mass is 9.88. The van der Waals surface area contributed by atoms with E-state index in [1.165, 1.54) is 6.33 Å². The molecule has 64 valence electrons. The summed E-state index contributed by atoms with van der Waals surface area (Å²) in [5.41, 5.74) is 5.13. The molecule has 0 atom stereocenters. The van der Waals surface area contributed by atoms with E-state index in [0.717, 1.165) is 0 Å². The Labute approximate surface area is 70.8 Å². The van der Waals surface area contributed by atoms with Gasteiger partial charge < -0.3 is 5.73 Å². The van der Waals surface area contributed by atoms with Crippen molar-refractivity contribution in [2.24, 2.45) is 5.73 Å². The van der Waals surface area contributed by atoms with Gasteiger partial charge in [0.2, 0.25) is 5.91 Å². The van der Waals surface area contributed by atoms with E-state index in [0.29, 0.717) is 5.69 Å². The van der Waals surface area contributed by atoms with Crippen molar-refractivity contribution in [3.05, 3.63) is 24.3 Å². The highest BCUT2D eigenvalue weighted by Gasteiger charge is 2.28. The first-order valence-electron chi connectivity index (χ1n) is 3.61. The summed E-state index contributed by atoms with van der Waals surface area (Å²) in [6.45, 7) is 3.47. The molecule has 1 aromatic heterocycles. The van der Waals surface area contributed by atoms with Gasteiger partial charge in [-0.15, -0.1) is 0 Å². The number of aromatic nitrogens is 2. The molecule has 0 unspecified atom stereocenters. The van der Waals surface area contributed by atoms with E-state index in [1.807, 2.05) is 0 Å². The predicted molar refractivity (Wildman–Crippen MR) is 44.3 cm³/mol. The van der Waals surface area contributed by atoms with Crippen LogP contribution in [0.25, 0.3) is 0 Å². The molecule has 4 heteroatoms. The van der Waals surface area contributed by atoms with Gasteiger partial charge in [0.1, 0.15) is 6.33 Å². The molecule has 0 saturated carbocycles. The monoisotopic (exact) mass is 165 g/mol. The summed E-state index contributed by atoms with van der Waals surface area (Å²) in [5.74, 6) is -0.388. The molecule has 4 nitrogen and oxygen atoms in total. The molecule has 1 aromatic rings. The Kier molecular flexibility index (Phi) is 2.08. The first-order chi connectivity index (χ1) is 5.55. The smallest absolute Gasteiger partial charge is 0.229 e. The van der Waals surface area contributed by atoms with Crippen LogP contribution in [-0.4, -0.2) is 15.9 Å². The van der Waals surface area contributed by atoms with Gasteiger partial charge in [0, 0.05) is 6.20 Å². The minimum atomic E-state index is -0.719. The van der Waals surface area contributed by atoms with E-state index < -0.39 is 5.41 Å². The maximum Gasteiger partial charge on any atom is 0.229 e. The Morgan fingerprint density at radius 2 is 2.25 bits per heavy atom. The van der Waals surface area contributed by atoms with Crippen LogP contribution in [0.4, 0.5) is 0 Å². The maximum absolute atomic E-state index is 11.0. The number of carbonyl (C=O) groups is 1. The van der Waals surface area contributed by atoms with Crippen LogP contribution in [0.5, 0.6) is 0 Å². The van der Waals surface area contributed by atoms with Crippen LogP contribution in [0.3, 0.4) is 0 Å². The second-order valence-electron chi connectivity index (χ2n) is 3.08. The number of nitrogens with zero attached hydrogens (tertiary/aromatic N) is 2. The lowest BCUT2D eigenvalue weighted by Gasteiger charge is -2.18. The number of primary amides is 1. The molecule has 0 aromatic carbocycles. The molecular weight excluding hydrogens is 154 g/mol. The summed E-state index contributed by atoms with van der Waals surface area (Å²) >= 11 is 0. The molecule has 0 fully saturated rings. The van der Waals surface area contributed by atoms with E-state index in [4.69, 9.17) is 5.73 Å². The van der Waals surface area contributed by atoms with Crippen molar-refractivity contribution < 1.29 is 4.79 Å². The third-order valence-corrected chi connectivity index (χ3v) is 1.84. The lowest BCUT2D eigenvalue weighted by Crippen LogP contribution is -2.36. The molecule has 2 N–H and O–H groups in total. The molecule has 1 amide bonds. The van der Waals surface area contributed by atoms with Crippen molar-refractivity contribution in [2.45, 2.75) is 19.3 Å². The van der Waals surface area contributed by atoms with Gasteiger partial charge in [0.15, 0.2) is 0 Å². The Bertz CT molecular complexity index is 282. The minimum Gasteiger partial charge on any atom is -0.369 e. The largest absolute Gasteiger partial charge is 0.369 e. The van der Waals surface area contributed by atoms with Crippen molar-refractivity contribution in [1.29, 1.82) is 0 Å². The van der Waals surface area contributed by atoms with Gasteiger partial charge >= 0.3 is 0 Å². The van der Waals surface area contributed by atoms with E-state index in [9.17, 15) is 4.79 Å². The van der Waals surface area contributed by atoms with Gasteiger partial charge in [-0.2, -0.15) is 0 Å². The molecule has 0 radical (unpaired) electrons. The summed E-state index contributed by atoms with van der Waals surface area (Å²) in [5, 5.41) is 0. The number of hydrogen-bond acceptors (Lipinski definition) is 3. The third-order valence-electron chi connectivity index (χ3n) is 1.84. The fourth-order valence-corrected chi connectivity index (χ4v) is 0.787. The summed E-state index contributed by atoms with van der Waals surface area (Å²) < 4.78 is 0. The van der Waals surface area contributed by atoms with Gasteiger partial charge in [0.05, 0.1) is 11.1 Å². The number of carbonyl (C=O) groups excluding carboxylic acids is 1. The second-order valence-corrected chi connectivity index (χ2v) is 3.08. The molecule has 12 heavy (non-hydrogen) atoms. The molecule has 0 bridgehead atoms. The first-order valence-corrected chi connectivity index (χ1v) is 3.61. The van der Waals surface area contributed by atoms with Gasteiger partial charge in [-0.25, -0.2) is 9.97 Å². The number of rotatable bonds is 2. The van der Waals surface area contributed by atoms with Crippen LogP contribution >= 0.6 is 0 Å². The van der Waals surface area contributed by atoms with Crippen molar-refractivity contribution in [2.75, 3.05) is 0 Å². The molecule has 1 heterocycles. The van der Waals surface area contributed by atoms with E-state index in [-0.39, 0.29) is 5.91 Å². The Balaban J connectivity index is 3.06. The average Bonchev–Trinajstić information content (AvgIpc) is 2.06. The zero-order valence-electron chi connectivity index (χ0n) is 7.11. The highest BCUT2D eigenvalue weighted by atomic mass is 16.1. The van der Waals surface area contributed by atoms with Crippen LogP contribution in [0.15, 0.2) is 18.6 Å². The quantitative estimate of drug-likeness (QED) is 0.682. The van der Waals surface area contributed by atoms with Crippen LogP contribution < -0.4 is 5.73 Å².